The van der Waals surface area contributed by atoms with E-state index in [9.17, 15) is 4.79 Å². The molecule has 0 spiro atoms. The monoisotopic (exact) mass is 431 g/mol. The molecule has 0 saturated heterocycles. The van der Waals surface area contributed by atoms with Crippen molar-refractivity contribution in [2.75, 3.05) is 20.8 Å². The number of benzene rings is 3. The number of hydrogen-bond donors (Lipinski definition) is 0. The van der Waals surface area contributed by atoms with Crippen LogP contribution < -0.4 is 9.47 Å². The first-order valence-electron chi connectivity index (χ1n) is 11.1. The molecule has 0 radical (unpaired) electrons. The lowest BCUT2D eigenvalue weighted by atomic mass is 9.75. The van der Waals surface area contributed by atoms with E-state index in [1.165, 1.54) is 27.5 Å². The first-order valence-corrected chi connectivity index (χ1v) is 11.1. The summed E-state index contributed by atoms with van der Waals surface area (Å²) in [6, 6.07) is 14.7. The summed E-state index contributed by atoms with van der Waals surface area (Å²) >= 11 is 0. The average Bonchev–Trinajstić information content (AvgIpc) is 2.77. The lowest BCUT2D eigenvalue weighted by Gasteiger charge is -2.42. The lowest BCUT2D eigenvalue weighted by Crippen LogP contribution is -2.44. The number of ether oxygens (including phenoxy) is 3. The van der Waals surface area contributed by atoms with E-state index in [1.807, 2.05) is 25.7 Å². The summed E-state index contributed by atoms with van der Waals surface area (Å²) in [5.74, 6) is 1.45. The molecule has 3 aromatic rings. The van der Waals surface area contributed by atoms with E-state index >= 15 is 0 Å². The molecular formula is C27H29NO4. The van der Waals surface area contributed by atoms with Gasteiger partial charge >= 0.3 is 6.09 Å². The van der Waals surface area contributed by atoms with Crippen molar-refractivity contribution in [3.8, 4) is 22.6 Å². The van der Waals surface area contributed by atoms with Crippen molar-refractivity contribution in [3.63, 3.8) is 0 Å². The molecule has 0 saturated carbocycles. The predicted molar refractivity (Wildman–Crippen MR) is 126 cm³/mol. The number of carbonyl (C=O) groups excluding carboxylic acids is 1. The minimum atomic E-state index is -0.541. The number of hydrogen-bond acceptors (Lipinski definition) is 4. The van der Waals surface area contributed by atoms with Crippen molar-refractivity contribution in [1.82, 2.24) is 4.90 Å². The normalized spacial score (nSPS) is 16.9. The zero-order valence-electron chi connectivity index (χ0n) is 19.3. The van der Waals surface area contributed by atoms with Crippen LogP contribution in [0.2, 0.25) is 0 Å². The number of fused-ring (bicyclic) bond motifs is 4. The van der Waals surface area contributed by atoms with Crippen LogP contribution in [0.25, 0.3) is 21.9 Å². The summed E-state index contributed by atoms with van der Waals surface area (Å²) in [5, 5.41) is 2.37. The smallest absolute Gasteiger partial charge is 0.410 e. The first-order chi connectivity index (χ1) is 15.3. The Bertz CT molecular complexity index is 1220. The molecule has 0 bridgehead atoms. The fourth-order valence-corrected chi connectivity index (χ4v) is 5.19. The number of methoxy groups -OCH3 is 2. The Hall–Kier alpha value is -3.21. The zero-order chi connectivity index (χ0) is 22.6. The Kier molecular flexibility index (Phi) is 4.81. The van der Waals surface area contributed by atoms with E-state index in [2.05, 4.69) is 42.5 Å². The molecule has 0 fully saturated rings. The number of amides is 1. The van der Waals surface area contributed by atoms with Crippen LogP contribution >= 0.6 is 0 Å². The topological polar surface area (TPSA) is 48.0 Å². The second-order valence-corrected chi connectivity index (χ2v) is 9.52. The maximum Gasteiger partial charge on any atom is 0.410 e. The molecule has 166 valence electrons. The number of rotatable bonds is 2. The Morgan fingerprint density at radius 2 is 1.78 bits per heavy atom. The van der Waals surface area contributed by atoms with Crippen LogP contribution in [0, 0.1) is 0 Å². The van der Waals surface area contributed by atoms with Crippen LogP contribution in [0.1, 0.15) is 43.5 Å². The van der Waals surface area contributed by atoms with Gasteiger partial charge in [-0.3, -0.25) is 0 Å². The molecule has 2 aliphatic rings. The van der Waals surface area contributed by atoms with Crippen molar-refractivity contribution < 1.29 is 19.0 Å². The molecule has 32 heavy (non-hydrogen) atoms. The predicted octanol–water partition coefficient (Wildman–Crippen LogP) is 5.91. The van der Waals surface area contributed by atoms with Gasteiger partial charge in [-0.15, -0.1) is 0 Å². The zero-order valence-corrected chi connectivity index (χ0v) is 19.3. The van der Waals surface area contributed by atoms with Gasteiger partial charge in [-0.25, -0.2) is 4.79 Å². The van der Waals surface area contributed by atoms with Gasteiger partial charge in [0.05, 0.1) is 20.3 Å². The van der Waals surface area contributed by atoms with Crippen molar-refractivity contribution >= 4 is 16.9 Å². The summed E-state index contributed by atoms with van der Waals surface area (Å²) in [6.07, 6.45) is 1.23. The Labute approximate surface area is 188 Å². The van der Waals surface area contributed by atoms with Gasteiger partial charge in [0.15, 0.2) is 11.5 Å². The van der Waals surface area contributed by atoms with Gasteiger partial charge in [-0.2, -0.15) is 0 Å². The van der Waals surface area contributed by atoms with Gasteiger partial charge in [0.1, 0.15) is 5.60 Å². The molecule has 5 rings (SSSR count). The first kappa shape index (κ1) is 20.7. The standard InChI is InChI=1S/C27H29NO4/c1-27(2,3)32-26(29)28-13-12-18-15-21(30-4)25(31-5)24-22-17(14-20(28)23(18)24)11-10-16-8-6-7-9-19(16)22/h6-11,15,20H,12-14H2,1-5H3. The maximum absolute atomic E-state index is 13.2. The molecule has 1 aliphatic heterocycles. The summed E-state index contributed by atoms with van der Waals surface area (Å²) in [6.45, 7) is 6.34. The van der Waals surface area contributed by atoms with Crippen LogP contribution in [0.4, 0.5) is 4.79 Å². The SMILES string of the molecule is COc1cc2c3c(c1OC)-c1c(ccc4ccccc14)CC3N(C(=O)OC(C)(C)C)CC2. The highest BCUT2D eigenvalue weighted by Crippen LogP contribution is 2.54. The van der Waals surface area contributed by atoms with Crippen LogP contribution in [-0.4, -0.2) is 37.4 Å². The van der Waals surface area contributed by atoms with E-state index in [0.29, 0.717) is 6.54 Å². The van der Waals surface area contributed by atoms with Gasteiger partial charge in [0, 0.05) is 12.1 Å². The molecular weight excluding hydrogens is 402 g/mol. The fourth-order valence-electron chi connectivity index (χ4n) is 5.19. The van der Waals surface area contributed by atoms with Crippen LogP contribution in [0.5, 0.6) is 11.5 Å². The van der Waals surface area contributed by atoms with Gasteiger partial charge < -0.3 is 19.1 Å². The quantitative estimate of drug-likeness (QED) is 0.506. The van der Waals surface area contributed by atoms with E-state index in [4.69, 9.17) is 14.2 Å². The largest absolute Gasteiger partial charge is 0.493 e. The lowest BCUT2D eigenvalue weighted by molar-refractivity contribution is 0.0140. The van der Waals surface area contributed by atoms with Crippen molar-refractivity contribution in [2.45, 2.75) is 45.3 Å². The second-order valence-electron chi connectivity index (χ2n) is 9.52. The summed E-state index contributed by atoms with van der Waals surface area (Å²) < 4.78 is 17.4. The third kappa shape index (κ3) is 3.19. The highest BCUT2D eigenvalue weighted by atomic mass is 16.6. The van der Waals surface area contributed by atoms with Gasteiger partial charge in [0.2, 0.25) is 0 Å². The molecule has 1 unspecified atom stereocenters. The Balaban J connectivity index is 1.78. The second kappa shape index (κ2) is 7.44. The van der Waals surface area contributed by atoms with Gasteiger partial charge in [-0.05, 0) is 72.7 Å². The van der Waals surface area contributed by atoms with E-state index < -0.39 is 5.60 Å². The highest BCUT2D eigenvalue weighted by Gasteiger charge is 2.41. The molecule has 1 heterocycles. The van der Waals surface area contributed by atoms with Crippen LogP contribution in [0.15, 0.2) is 42.5 Å². The van der Waals surface area contributed by atoms with Crippen molar-refractivity contribution in [3.05, 3.63) is 59.2 Å². The van der Waals surface area contributed by atoms with Crippen molar-refractivity contribution in [2.24, 2.45) is 0 Å². The van der Waals surface area contributed by atoms with E-state index in [1.54, 1.807) is 14.2 Å². The Morgan fingerprint density at radius 1 is 1.00 bits per heavy atom. The number of carbonyl (C=O) groups is 1. The summed E-state index contributed by atoms with van der Waals surface area (Å²) in [5.41, 5.74) is 5.25. The third-order valence-corrected chi connectivity index (χ3v) is 6.43. The minimum absolute atomic E-state index is 0.0999. The fraction of sp³-hybridized carbons (Fsp3) is 0.370. The molecule has 5 nitrogen and oxygen atoms in total. The Morgan fingerprint density at radius 3 is 2.50 bits per heavy atom. The highest BCUT2D eigenvalue weighted by molar-refractivity contribution is 6.02. The van der Waals surface area contributed by atoms with Crippen LogP contribution in [-0.2, 0) is 17.6 Å². The van der Waals surface area contributed by atoms with E-state index in [0.717, 1.165) is 35.5 Å². The minimum Gasteiger partial charge on any atom is -0.493 e. The number of nitrogens with zero attached hydrogens (tertiary/aromatic N) is 1. The van der Waals surface area contributed by atoms with Gasteiger partial charge in [0.25, 0.3) is 0 Å². The van der Waals surface area contributed by atoms with Crippen LogP contribution in [0.3, 0.4) is 0 Å². The molecule has 1 aliphatic carbocycles. The molecule has 3 aromatic carbocycles. The molecule has 1 amide bonds. The molecule has 0 aromatic heterocycles. The van der Waals surface area contributed by atoms with Gasteiger partial charge in [-0.1, -0.05) is 36.4 Å². The van der Waals surface area contributed by atoms with E-state index in [-0.39, 0.29) is 12.1 Å². The molecule has 0 N–H and O–H groups in total. The average molecular weight is 432 g/mol. The molecule has 5 heteroatoms. The summed E-state index contributed by atoms with van der Waals surface area (Å²) in [4.78, 5) is 15.1. The summed E-state index contributed by atoms with van der Waals surface area (Å²) in [7, 11) is 3.36. The third-order valence-electron chi connectivity index (χ3n) is 6.43. The molecule has 1 atom stereocenters. The van der Waals surface area contributed by atoms with Crippen molar-refractivity contribution in [1.29, 1.82) is 0 Å². The maximum atomic E-state index is 13.2.